The maximum atomic E-state index is 6.31. The molecule has 0 heterocycles. The van der Waals surface area contributed by atoms with Crippen molar-refractivity contribution >= 4 is 0 Å². The van der Waals surface area contributed by atoms with E-state index in [1.54, 1.807) is 0 Å². The summed E-state index contributed by atoms with van der Waals surface area (Å²) in [5.41, 5.74) is 12.1. The minimum absolute atomic E-state index is 0.0685. The van der Waals surface area contributed by atoms with E-state index in [9.17, 15) is 0 Å². The summed E-state index contributed by atoms with van der Waals surface area (Å²) in [5.74, 6) is 0.329. The van der Waals surface area contributed by atoms with Crippen LogP contribution in [0, 0.1) is 16.7 Å². The highest BCUT2D eigenvalue weighted by molar-refractivity contribution is 4.99. The van der Waals surface area contributed by atoms with Gasteiger partial charge in [-0.25, -0.2) is 0 Å². The van der Waals surface area contributed by atoms with Crippen molar-refractivity contribution in [3.05, 3.63) is 0 Å². The lowest BCUT2D eigenvalue weighted by molar-refractivity contribution is 0.0399. The SMILES string of the molecule is CCC(C(C)(C)C)C(N)(N)C(C)(C)C. The Balaban J connectivity index is 5.04. The number of hydrogen-bond donors (Lipinski definition) is 2. The van der Waals surface area contributed by atoms with Crippen LogP contribution in [-0.2, 0) is 0 Å². The molecule has 0 amide bonds. The summed E-state index contributed by atoms with van der Waals surface area (Å²) >= 11 is 0. The summed E-state index contributed by atoms with van der Waals surface area (Å²) in [5, 5.41) is 0. The minimum Gasteiger partial charge on any atom is -0.313 e. The number of rotatable bonds is 2. The molecular weight excluding hydrogens is 172 g/mol. The summed E-state index contributed by atoms with van der Waals surface area (Å²) in [6.07, 6.45) is 1.02. The van der Waals surface area contributed by atoms with E-state index in [4.69, 9.17) is 11.5 Å². The molecule has 2 heteroatoms. The molecule has 4 N–H and O–H groups in total. The lowest BCUT2D eigenvalue weighted by atomic mass is 9.63. The number of hydrogen-bond acceptors (Lipinski definition) is 2. The van der Waals surface area contributed by atoms with Gasteiger partial charge in [0.1, 0.15) is 0 Å². The second kappa shape index (κ2) is 3.82. The second-order valence-electron chi connectivity index (χ2n) is 6.51. The van der Waals surface area contributed by atoms with E-state index in [-0.39, 0.29) is 10.8 Å². The summed E-state index contributed by atoms with van der Waals surface area (Å²) in [7, 11) is 0. The molecule has 0 aromatic carbocycles. The van der Waals surface area contributed by atoms with Crippen LogP contribution in [0.15, 0.2) is 0 Å². The fraction of sp³-hybridized carbons (Fsp3) is 1.00. The predicted molar refractivity (Wildman–Crippen MR) is 63.8 cm³/mol. The summed E-state index contributed by atoms with van der Waals surface area (Å²) in [6, 6.07) is 0. The zero-order valence-electron chi connectivity index (χ0n) is 10.9. The molecule has 14 heavy (non-hydrogen) atoms. The first-order valence-electron chi connectivity index (χ1n) is 5.52. The Morgan fingerprint density at radius 1 is 0.929 bits per heavy atom. The highest BCUT2D eigenvalue weighted by atomic mass is 15.0. The first-order chi connectivity index (χ1) is 5.94. The fourth-order valence-corrected chi connectivity index (χ4v) is 2.19. The summed E-state index contributed by atoms with van der Waals surface area (Å²) in [6.45, 7) is 15.1. The van der Waals surface area contributed by atoms with Crippen molar-refractivity contribution in [2.24, 2.45) is 28.2 Å². The molecule has 0 saturated carbocycles. The van der Waals surface area contributed by atoms with Crippen LogP contribution in [0.4, 0.5) is 0 Å². The van der Waals surface area contributed by atoms with Gasteiger partial charge in [0, 0.05) is 0 Å². The second-order valence-corrected chi connectivity index (χ2v) is 6.51. The Morgan fingerprint density at radius 3 is 1.36 bits per heavy atom. The molecule has 86 valence electrons. The van der Waals surface area contributed by atoms with E-state index >= 15 is 0 Å². The van der Waals surface area contributed by atoms with Crippen molar-refractivity contribution in [3.8, 4) is 0 Å². The average Bonchev–Trinajstić information content (AvgIpc) is 1.80. The Bertz CT molecular complexity index is 181. The quantitative estimate of drug-likeness (QED) is 0.673. The zero-order chi connectivity index (χ0) is 11.8. The molecule has 1 unspecified atom stereocenters. The van der Waals surface area contributed by atoms with E-state index in [0.717, 1.165) is 6.42 Å². The van der Waals surface area contributed by atoms with Gasteiger partial charge in [-0.2, -0.15) is 0 Å². The smallest absolute Gasteiger partial charge is 0.0720 e. The standard InChI is InChI=1S/C12H28N2/c1-8-9(10(2,3)4)12(13,14)11(5,6)7/h9H,8,13-14H2,1-7H3. The van der Waals surface area contributed by atoms with Gasteiger partial charge in [0.15, 0.2) is 0 Å². The predicted octanol–water partition coefficient (Wildman–Crippen LogP) is 2.72. The van der Waals surface area contributed by atoms with Gasteiger partial charge >= 0.3 is 0 Å². The maximum absolute atomic E-state index is 6.31. The van der Waals surface area contributed by atoms with Crippen molar-refractivity contribution in [1.29, 1.82) is 0 Å². The van der Waals surface area contributed by atoms with Crippen LogP contribution in [0.1, 0.15) is 54.9 Å². The van der Waals surface area contributed by atoms with Crippen molar-refractivity contribution in [2.75, 3.05) is 0 Å². The van der Waals surface area contributed by atoms with Crippen molar-refractivity contribution in [3.63, 3.8) is 0 Å². The molecule has 0 aliphatic carbocycles. The number of nitrogens with two attached hydrogens (primary N) is 2. The molecule has 0 aliphatic heterocycles. The third kappa shape index (κ3) is 2.71. The maximum Gasteiger partial charge on any atom is 0.0720 e. The van der Waals surface area contributed by atoms with E-state index in [0.29, 0.717) is 5.92 Å². The van der Waals surface area contributed by atoms with Crippen molar-refractivity contribution < 1.29 is 0 Å². The third-order valence-corrected chi connectivity index (χ3v) is 3.33. The summed E-state index contributed by atoms with van der Waals surface area (Å²) < 4.78 is 0. The van der Waals surface area contributed by atoms with Crippen LogP contribution in [0.25, 0.3) is 0 Å². The first-order valence-corrected chi connectivity index (χ1v) is 5.52. The molecule has 0 saturated heterocycles. The Hall–Kier alpha value is -0.0800. The van der Waals surface area contributed by atoms with Gasteiger partial charge in [-0.05, 0) is 23.2 Å². The lowest BCUT2D eigenvalue weighted by Crippen LogP contribution is -2.66. The van der Waals surface area contributed by atoms with Crippen LogP contribution in [0.2, 0.25) is 0 Å². The Morgan fingerprint density at radius 2 is 1.29 bits per heavy atom. The van der Waals surface area contributed by atoms with Crippen LogP contribution in [0.5, 0.6) is 0 Å². The van der Waals surface area contributed by atoms with E-state index in [1.807, 2.05) is 0 Å². The lowest BCUT2D eigenvalue weighted by Gasteiger charge is -2.49. The molecule has 0 aromatic heterocycles. The average molecular weight is 200 g/mol. The normalized spacial score (nSPS) is 16.9. The molecule has 0 rings (SSSR count). The van der Waals surface area contributed by atoms with Gasteiger partial charge in [-0.3, -0.25) is 0 Å². The largest absolute Gasteiger partial charge is 0.313 e. The molecule has 0 aliphatic rings. The van der Waals surface area contributed by atoms with Gasteiger partial charge in [0.2, 0.25) is 0 Å². The topological polar surface area (TPSA) is 52.0 Å². The first kappa shape index (κ1) is 13.9. The molecule has 0 radical (unpaired) electrons. The summed E-state index contributed by atoms with van der Waals surface area (Å²) in [4.78, 5) is 0. The van der Waals surface area contributed by atoms with Crippen LogP contribution < -0.4 is 11.5 Å². The van der Waals surface area contributed by atoms with Crippen LogP contribution in [-0.4, -0.2) is 5.66 Å². The third-order valence-electron chi connectivity index (χ3n) is 3.33. The Kier molecular flexibility index (Phi) is 3.80. The molecule has 0 fully saturated rings. The highest BCUT2D eigenvalue weighted by Gasteiger charge is 2.45. The van der Waals surface area contributed by atoms with Crippen molar-refractivity contribution in [2.45, 2.75) is 60.5 Å². The highest BCUT2D eigenvalue weighted by Crippen LogP contribution is 2.41. The molecule has 0 spiro atoms. The van der Waals surface area contributed by atoms with Crippen LogP contribution >= 0.6 is 0 Å². The van der Waals surface area contributed by atoms with Crippen molar-refractivity contribution in [1.82, 2.24) is 0 Å². The molecule has 2 nitrogen and oxygen atoms in total. The van der Waals surface area contributed by atoms with E-state index in [2.05, 4.69) is 48.5 Å². The monoisotopic (exact) mass is 200 g/mol. The van der Waals surface area contributed by atoms with Gasteiger partial charge in [-0.1, -0.05) is 48.5 Å². The molecular formula is C12H28N2. The van der Waals surface area contributed by atoms with Gasteiger partial charge in [0.05, 0.1) is 5.66 Å². The molecule has 0 aromatic rings. The zero-order valence-corrected chi connectivity index (χ0v) is 10.9. The van der Waals surface area contributed by atoms with Gasteiger partial charge in [-0.15, -0.1) is 0 Å². The molecule has 0 bridgehead atoms. The minimum atomic E-state index is -0.611. The molecule has 1 atom stereocenters. The van der Waals surface area contributed by atoms with Gasteiger partial charge < -0.3 is 11.5 Å². The van der Waals surface area contributed by atoms with E-state index < -0.39 is 5.66 Å². The van der Waals surface area contributed by atoms with Gasteiger partial charge in [0.25, 0.3) is 0 Å². The van der Waals surface area contributed by atoms with E-state index in [1.165, 1.54) is 0 Å². The Labute approximate surface area is 89.4 Å². The van der Waals surface area contributed by atoms with Crippen LogP contribution in [0.3, 0.4) is 0 Å². The fourth-order valence-electron chi connectivity index (χ4n) is 2.19.